The molecule has 18 heavy (non-hydrogen) atoms. The summed E-state index contributed by atoms with van der Waals surface area (Å²) < 4.78 is 0. The highest BCUT2D eigenvalue weighted by atomic mass is 16.2. The van der Waals surface area contributed by atoms with Gasteiger partial charge in [0.25, 0.3) is 0 Å². The molecule has 98 valence electrons. The van der Waals surface area contributed by atoms with Crippen molar-refractivity contribution in [1.29, 1.82) is 0 Å². The molecule has 1 amide bonds. The van der Waals surface area contributed by atoms with Crippen molar-refractivity contribution in [3.05, 3.63) is 35.4 Å². The van der Waals surface area contributed by atoms with Crippen LogP contribution in [0.3, 0.4) is 0 Å². The van der Waals surface area contributed by atoms with E-state index in [-0.39, 0.29) is 17.4 Å². The van der Waals surface area contributed by atoms with Crippen molar-refractivity contribution in [2.75, 3.05) is 13.1 Å². The molecule has 0 aliphatic carbocycles. The zero-order valence-electron chi connectivity index (χ0n) is 11.4. The number of carbonyl (C=O) groups excluding carboxylic acids is 1. The number of hydrogen-bond acceptors (Lipinski definition) is 2. The molecule has 1 fully saturated rings. The molecule has 1 saturated heterocycles. The number of nitrogens with one attached hydrogen (secondary N) is 2. The summed E-state index contributed by atoms with van der Waals surface area (Å²) in [5.74, 6) is 0.153. The Kier molecular flexibility index (Phi) is 3.71. The van der Waals surface area contributed by atoms with Crippen molar-refractivity contribution in [2.45, 2.75) is 33.2 Å². The molecule has 1 unspecified atom stereocenters. The van der Waals surface area contributed by atoms with E-state index in [0.29, 0.717) is 0 Å². The molecule has 1 aromatic carbocycles. The van der Waals surface area contributed by atoms with E-state index in [2.05, 4.69) is 41.8 Å². The summed E-state index contributed by atoms with van der Waals surface area (Å²) in [6.45, 7) is 7.85. The molecule has 0 radical (unpaired) electrons. The molecule has 0 aromatic heterocycles. The third-order valence-electron chi connectivity index (χ3n) is 3.84. The maximum Gasteiger partial charge on any atom is 0.227 e. The zero-order valence-corrected chi connectivity index (χ0v) is 11.4. The van der Waals surface area contributed by atoms with E-state index in [4.69, 9.17) is 0 Å². The van der Waals surface area contributed by atoms with Crippen LogP contribution in [0.4, 0.5) is 0 Å². The van der Waals surface area contributed by atoms with Gasteiger partial charge in [-0.3, -0.25) is 4.79 Å². The average molecular weight is 246 g/mol. The largest absolute Gasteiger partial charge is 0.349 e. The lowest BCUT2D eigenvalue weighted by Crippen LogP contribution is -2.41. The maximum atomic E-state index is 12.3. The highest BCUT2D eigenvalue weighted by molar-refractivity contribution is 5.83. The minimum atomic E-state index is -0.251. The fourth-order valence-corrected chi connectivity index (χ4v) is 2.32. The van der Waals surface area contributed by atoms with Gasteiger partial charge in [0, 0.05) is 6.54 Å². The van der Waals surface area contributed by atoms with Gasteiger partial charge in [-0.15, -0.1) is 0 Å². The summed E-state index contributed by atoms with van der Waals surface area (Å²) in [5, 5.41) is 6.37. The molecule has 2 N–H and O–H groups in total. The molecule has 0 saturated carbocycles. The van der Waals surface area contributed by atoms with Crippen LogP contribution in [0.2, 0.25) is 0 Å². The molecule has 1 aromatic rings. The molecule has 1 aliphatic heterocycles. The van der Waals surface area contributed by atoms with Crippen molar-refractivity contribution in [3.8, 4) is 0 Å². The van der Waals surface area contributed by atoms with Gasteiger partial charge in [0.1, 0.15) is 0 Å². The Morgan fingerprint density at radius 1 is 1.39 bits per heavy atom. The lowest BCUT2D eigenvalue weighted by Gasteiger charge is -2.24. The van der Waals surface area contributed by atoms with Crippen LogP contribution in [0.1, 0.15) is 37.4 Å². The molecule has 3 nitrogen and oxygen atoms in total. The number of aryl methyl sites for hydroxylation is 1. The second-order valence-corrected chi connectivity index (χ2v) is 5.59. The van der Waals surface area contributed by atoms with Crippen molar-refractivity contribution in [3.63, 3.8) is 0 Å². The first kappa shape index (κ1) is 13.1. The minimum Gasteiger partial charge on any atom is -0.349 e. The van der Waals surface area contributed by atoms with Crippen molar-refractivity contribution in [1.82, 2.24) is 10.6 Å². The van der Waals surface area contributed by atoms with E-state index in [0.717, 1.165) is 25.1 Å². The first-order valence-corrected chi connectivity index (χ1v) is 6.59. The molecule has 2 atom stereocenters. The van der Waals surface area contributed by atoms with Crippen LogP contribution < -0.4 is 10.6 Å². The van der Waals surface area contributed by atoms with Crippen LogP contribution in [0.5, 0.6) is 0 Å². The lowest BCUT2D eigenvalue weighted by atomic mass is 9.88. The Morgan fingerprint density at radius 2 is 2.06 bits per heavy atom. The van der Waals surface area contributed by atoms with Gasteiger partial charge in [-0.05, 0) is 39.3 Å². The van der Waals surface area contributed by atoms with Crippen LogP contribution in [0, 0.1) is 12.3 Å². The number of hydrogen-bond donors (Lipinski definition) is 2. The molecule has 1 heterocycles. The predicted molar refractivity (Wildman–Crippen MR) is 73.3 cm³/mol. The predicted octanol–water partition coefficient (Wildman–Crippen LogP) is 2.17. The average Bonchev–Trinajstić information content (AvgIpc) is 2.78. The molecular formula is C15H22N2O. The van der Waals surface area contributed by atoms with E-state index in [9.17, 15) is 4.79 Å². The Morgan fingerprint density at radius 3 is 2.61 bits per heavy atom. The zero-order chi connectivity index (χ0) is 13.2. The van der Waals surface area contributed by atoms with Crippen molar-refractivity contribution in [2.24, 2.45) is 5.41 Å². The maximum absolute atomic E-state index is 12.3. The van der Waals surface area contributed by atoms with Gasteiger partial charge in [-0.25, -0.2) is 0 Å². The van der Waals surface area contributed by atoms with Crippen LogP contribution in [-0.2, 0) is 4.79 Å². The van der Waals surface area contributed by atoms with E-state index < -0.39 is 0 Å². The van der Waals surface area contributed by atoms with Crippen LogP contribution in [0.15, 0.2) is 24.3 Å². The Hall–Kier alpha value is -1.35. The molecule has 0 bridgehead atoms. The second kappa shape index (κ2) is 5.11. The molecule has 1 aliphatic rings. The van der Waals surface area contributed by atoms with Gasteiger partial charge in [0.2, 0.25) is 5.91 Å². The number of benzene rings is 1. The third-order valence-corrected chi connectivity index (χ3v) is 3.84. The van der Waals surface area contributed by atoms with Crippen molar-refractivity contribution >= 4 is 5.91 Å². The monoisotopic (exact) mass is 246 g/mol. The first-order valence-electron chi connectivity index (χ1n) is 6.59. The quantitative estimate of drug-likeness (QED) is 0.858. The van der Waals surface area contributed by atoms with Crippen LogP contribution in [0.25, 0.3) is 0 Å². The highest BCUT2D eigenvalue weighted by Gasteiger charge is 2.36. The summed E-state index contributed by atoms with van der Waals surface area (Å²) >= 11 is 0. The standard InChI is InChI=1S/C15H22N2O/c1-11-4-6-13(7-5-11)12(2)17-14(18)15(3)8-9-16-10-15/h4-7,12,16H,8-10H2,1-3H3,(H,17,18)/t12-,15?/m1/s1. The topological polar surface area (TPSA) is 41.1 Å². The Balaban J connectivity index is 2.00. The van der Waals surface area contributed by atoms with Gasteiger partial charge in [-0.2, -0.15) is 0 Å². The fraction of sp³-hybridized carbons (Fsp3) is 0.533. The van der Waals surface area contributed by atoms with E-state index in [1.165, 1.54) is 5.56 Å². The van der Waals surface area contributed by atoms with Gasteiger partial charge < -0.3 is 10.6 Å². The van der Waals surface area contributed by atoms with Crippen LogP contribution in [-0.4, -0.2) is 19.0 Å². The lowest BCUT2D eigenvalue weighted by molar-refractivity contribution is -0.129. The van der Waals surface area contributed by atoms with E-state index in [1.54, 1.807) is 0 Å². The summed E-state index contributed by atoms with van der Waals surface area (Å²) in [7, 11) is 0. The SMILES string of the molecule is Cc1ccc([C@@H](C)NC(=O)C2(C)CCNC2)cc1. The van der Waals surface area contributed by atoms with Crippen molar-refractivity contribution < 1.29 is 4.79 Å². The Labute approximate surface area is 109 Å². The van der Waals surface area contributed by atoms with Gasteiger partial charge in [0.05, 0.1) is 11.5 Å². The van der Waals surface area contributed by atoms with Crippen LogP contribution >= 0.6 is 0 Å². The van der Waals surface area contributed by atoms with Gasteiger partial charge in [-0.1, -0.05) is 29.8 Å². The molecular weight excluding hydrogens is 224 g/mol. The minimum absolute atomic E-state index is 0.0653. The number of rotatable bonds is 3. The molecule has 2 rings (SSSR count). The molecule has 0 spiro atoms. The van der Waals surface area contributed by atoms with E-state index in [1.807, 2.05) is 13.8 Å². The summed E-state index contributed by atoms with van der Waals surface area (Å²) in [4.78, 5) is 12.3. The van der Waals surface area contributed by atoms with Gasteiger partial charge in [0.15, 0.2) is 0 Å². The van der Waals surface area contributed by atoms with E-state index >= 15 is 0 Å². The second-order valence-electron chi connectivity index (χ2n) is 5.59. The number of carbonyl (C=O) groups is 1. The first-order chi connectivity index (χ1) is 8.51. The summed E-state index contributed by atoms with van der Waals surface area (Å²) in [6.07, 6.45) is 0.916. The molecule has 3 heteroatoms. The smallest absolute Gasteiger partial charge is 0.227 e. The Bertz CT molecular complexity index is 419. The highest BCUT2D eigenvalue weighted by Crippen LogP contribution is 2.26. The van der Waals surface area contributed by atoms with Gasteiger partial charge >= 0.3 is 0 Å². The number of amides is 1. The fourth-order valence-electron chi connectivity index (χ4n) is 2.32. The summed E-state index contributed by atoms with van der Waals surface area (Å²) in [5.41, 5.74) is 2.15. The third kappa shape index (κ3) is 2.72. The normalized spacial score (nSPS) is 24.8. The summed E-state index contributed by atoms with van der Waals surface area (Å²) in [6, 6.07) is 8.38.